The van der Waals surface area contributed by atoms with E-state index in [1.807, 2.05) is 74.5 Å². The van der Waals surface area contributed by atoms with E-state index in [0.717, 1.165) is 31.0 Å². The summed E-state index contributed by atoms with van der Waals surface area (Å²) in [4.78, 5) is 29.2. The Labute approximate surface area is 256 Å². The number of anilines is 1. The van der Waals surface area contributed by atoms with Gasteiger partial charge in [-0.1, -0.05) is 88.7 Å². The highest BCUT2D eigenvalue weighted by molar-refractivity contribution is 9.10. The molecule has 1 atom stereocenters. The number of benzene rings is 4. The average molecular weight is 649 g/mol. The first kappa shape index (κ1) is 31.0. The largest absolute Gasteiger partial charge is 0.357 e. The highest BCUT2D eigenvalue weighted by atomic mass is 79.9. The van der Waals surface area contributed by atoms with E-state index in [1.165, 1.54) is 24.1 Å². The van der Waals surface area contributed by atoms with Gasteiger partial charge in [0, 0.05) is 24.5 Å². The van der Waals surface area contributed by atoms with E-state index < -0.39 is 28.5 Å². The molecule has 4 aromatic rings. The normalized spacial score (nSPS) is 11.9. The number of sulfonamides is 1. The van der Waals surface area contributed by atoms with E-state index in [9.17, 15) is 18.0 Å². The SMILES string of the molecule is CNC(=O)[C@@H](Cc1ccccc1)N(Cc1ccc(Br)cc1)C(=O)CN(c1cccc(C)c1C)S(=O)(=O)c1ccccc1. The van der Waals surface area contributed by atoms with Gasteiger partial charge in [-0.05, 0) is 66.4 Å². The maximum atomic E-state index is 14.4. The molecule has 0 aliphatic carbocycles. The van der Waals surface area contributed by atoms with E-state index in [1.54, 1.807) is 30.3 Å². The zero-order valence-corrected chi connectivity index (χ0v) is 26.2. The fourth-order valence-corrected chi connectivity index (χ4v) is 6.50. The van der Waals surface area contributed by atoms with Gasteiger partial charge in [0.25, 0.3) is 10.0 Å². The summed E-state index contributed by atoms with van der Waals surface area (Å²) >= 11 is 3.45. The Hall–Kier alpha value is -3.95. The van der Waals surface area contributed by atoms with Crippen LogP contribution < -0.4 is 9.62 Å². The van der Waals surface area contributed by atoms with Gasteiger partial charge in [-0.15, -0.1) is 0 Å². The molecule has 0 saturated carbocycles. The Kier molecular flexibility index (Phi) is 10.2. The Bertz CT molecular complexity index is 1630. The quantitative estimate of drug-likeness (QED) is 0.228. The van der Waals surface area contributed by atoms with Crippen molar-refractivity contribution < 1.29 is 18.0 Å². The number of aryl methyl sites for hydroxylation is 1. The number of hydrogen-bond acceptors (Lipinski definition) is 4. The lowest BCUT2D eigenvalue weighted by molar-refractivity contribution is -0.139. The molecule has 0 aliphatic rings. The summed E-state index contributed by atoms with van der Waals surface area (Å²) < 4.78 is 30.2. The molecule has 2 amide bonds. The minimum atomic E-state index is -4.13. The molecule has 0 spiro atoms. The molecule has 0 bridgehead atoms. The van der Waals surface area contributed by atoms with Crippen LogP contribution in [0.5, 0.6) is 0 Å². The Morgan fingerprint density at radius 1 is 0.810 bits per heavy atom. The monoisotopic (exact) mass is 647 g/mol. The molecule has 4 aromatic carbocycles. The minimum absolute atomic E-state index is 0.0744. The number of nitrogens with zero attached hydrogens (tertiary/aromatic N) is 2. The molecule has 0 saturated heterocycles. The lowest BCUT2D eigenvalue weighted by Crippen LogP contribution is -2.53. The van der Waals surface area contributed by atoms with Crippen LogP contribution >= 0.6 is 15.9 Å². The number of halogens is 1. The number of likely N-dealkylation sites (N-methyl/N-ethyl adjacent to an activating group) is 1. The van der Waals surface area contributed by atoms with Crippen molar-refractivity contribution >= 4 is 43.5 Å². The van der Waals surface area contributed by atoms with Crippen LogP contribution in [-0.4, -0.2) is 44.8 Å². The zero-order chi connectivity index (χ0) is 30.3. The number of carbonyl (C=O) groups excluding carboxylic acids is 2. The van der Waals surface area contributed by atoms with Crippen LogP contribution in [0.3, 0.4) is 0 Å². The van der Waals surface area contributed by atoms with Gasteiger partial charge >= 0.3 is 0 Å². The maximum Gasteiger partial charge on any atom is 0.264 e. The fourth-order valence-electron chi connectivity index (χ4n) is 4.75. The maximum absolute atomic E-state index is 14.4. The van der Waals surface area contributed by atoms with Gasteiger partial charge in [0.05, 0.1) is 10.6 Å². The first-order valence-corrected chi connectivity index (χ1v) is 15.8. The lowest BCUT2D eigenvalue weighted by atomic mass is 10.0. The van der Waals surface area contributed by atoms with E-state index in [4.69, 9.17) is 0 Å². The van der Waals surface area contributed by atoms with Gasteiger partial charge in [0.2, 0.25) is 11.8 Å². The minimum Gasteiger partial charge on any atom is -0.357 e. The van der Waals surface area contributed by atoms with Crippen molar-refractivity contribution in [1.82, 2.24) is 10.2 Å². The van der Waals surface area contributed by atoms with Crippen LogP contribution in [0, 0.1) is 13.8 Å². The Balaban J connectivity index is 1.81. The third-order valence-electron chi connectivity index (χ3n) is 7.24. The molecule has 0 fully saturated rings. The van der Waals surface area contributed by atoms with Gasteiger partial charge in [-0.25, -0.2) is 8.42 Å². The van der Waals surface area contributed by atoms with Crippen LogP contribution in [0.15, 0.2) is 112 Å². The summed E-state index contributed by atoms with van der Waals surface area (Å²) in [6.45, 7) is 3.36. The zero-order valence-electron chi connectivity index (χ0n) is 23.8. The molecule has 4 rings (SSSR count). The third kappa shape index (κ3) is 7.27. The first-order valence-electron chi connectivity index (χ1n) is 13.5. The second kappa shape index (κ2) is 13.8. The van der Waals surface area contributed by atoms with Gasteiger partial charge in [-0.2, -0.15) is 0 Å². The van der Waals surface area contributed by atoms with Crippen LogP contribution in [0.25, 0.3) is 0 Å². The molecule has 0 aliphatic heterocycles. The molecule has 0 heterocycles. The molecule has 42 heavy (non-hydrogen) atoms. The van der Waals surface area contributed by atoms with Crippen LogP contribution in [0.2, 0.25) is 0 Å². The van der Waals surface area contributed by atoms with Crippen LogP contribution in [0.1, 0.15) is 22.3 Å². The first-order chi connectivity index (χ1) is 20.1. The molecular weight excluding hydrogens is 614 g/mol. The summed E-state index contributed by atoms with van der Waals surface area (Å²) in [5.74, 6) is -0.837. The van der Waals surface area contributed by atoms with Gasteiger partial charge in [-0.3, -0.25) is 13.9 Å². The second-order valence-electron chi connectivity index (χ2n) is 10.0. The predicted molar refractivity (Wildman–Crippen MR) is 170 cm³/mol. The van der Waals surface area contributed by atoms with Crippen molar-refractivity contribution in [3.05, 3.63) is 130 Å². The van der Waals surface area contributed by atoms with Crippen LogP contribution in [0.4, 0.5) is 5.69 Å². The van der Waals surface area contributed by atoms with Crippen LogP contribution in [-0.2, 0) is 32.6 Å². The smallest absolute Gasteiger partial charge is 0.264 e. The van der Waals surface area contributed by atoms with Crippen molar-refractivity contribution in [2.24, 2.45) is 0 Å². The second-order valence-corrected chi connectivity index (χ2v) is 12.8. The molecule has 7 nitrogen and oxygen atoms in total. The highest BCUT2D eigenvalue weighted by Gasteiger charge is 2.34. The number of carbonyl (C=O) groups is 2. The van der Waals surface area contributed by atoms with Gasteiger partial charge < -0.3 is 10.2 Å². The Morgan fingerprint density at radius 3 is 2.05 bits per heavy atom. The molecular formula is C33H34BrN3O4S. The average Bonchev–Trinajstić information content (AvgIpc) is 3.00. The molecule has 218 valence electrons. The van der Waals surface area contributed by atoms with Gasteiger partial charge in [0.15, 0.2) is 0 Å². The van der Waals surface area contributed by atoms with E-state index in [2.05, 4.69) is 21.2 Å². The summed E-state index contributed by atoms with van der Waals surface area (Å²) in [5.41, 5.74) is 3.74. The number of rotatable bonds is 11. The fraction of sp³-hybridized carbons (Fsp3) is 0.212. The number of nitrogens with one attached hydrogen (secondary N) is 1. The number of hydrogen-bond donors (Lipinski definition) is 1. The highest BCUT2D eigenvalue weighted by Crippen LogP contribution is 2.29. The molecule has 0 unspecified atom stereocenters. The predicted octanol–water partition coefficient (Wildman–Crippen LogP) is 5.65. The summed E-state index contributed by atoms with van der Waals surface area (Å²) in [5, 5.41) is 2.70. The summed E-state index contributed by atoms with van der Waals surface area (Å²) in [6.07, 6.45) is 0.262. The summed E-state index contributed by atoms with van der Waals surface area (Å²) in [7, 11) is -2.60. The van der Waals surface area contributed by atoms with Crippen molar-refractivity contribution in [3.63, 3.8) is 0 Å². The summed E-state index contributed by atoms with van der Waals surface area (Å²) in [6, 6.07) is 29.5. The van der Waals surface area contributed by atoms with E-state index >= 15 is 0 Å². The van der Waals surface area contributed by atoms with Crippen molar-refractivity contribution in [3.8, 4) is 0 Å². The third-order valence-corrected chi connectivity index (χ3v) is 9.54. The molecule has 9 heteroatoms. The molecule has 0 radical (unpaired) electrons. The lowest BCUT2D eigenvalue weighted by Gasteiger charge is -2.34. The van der Waals surface area contributed by atoms with E-state index in [-0.39, 0.29) is 23.8 Å². The molecule has 0 aromatic heterocycles. The van der Waals surface area contributed by atoms with Gasteiger partial charge in [0.1, 0.15) is 12.6 Å². The Morgan fingerprint density at radius 2 is 1.43 bits per heavy atom. The topological polar surface area (TPSA) is 86.8 Å². The van der Waals surface area contributed by atoms with Crippen molar-refractivity contribution in [2.75, 3.05) is 17.9 Å². The van der Waals surface area contributed by atoms with E-state index in [0.29, 0.717) is 5.69 Å². The molecule has 1 N–H and O–H groups in total. The van der Waals surface area contributed by atoms with Crippen molar-refractivity contribution in [2.45, 2.75) is 37.8 Å². The standard InChI is InChI=1S/C33H34BrN3O4S/c1-24-11-10-16-30(25(24)2)37(42(40,41)29-14-8-5-9-15-29)23-32(38)36(22-27-17-19-28(34)20-18-27)31(33(39)35-3)21-26-12-6-4-7-13-26/h4-20,31H,21-23H2,1-3H3,(H,35,39)/t31-/m1/s1. The number of amides is 2. The van der Waals surface area contributed by atoms with Crippen molar-refractivity contribution in [1.29, 1.82) is 0 Å².